The van der Waals surface area contributed by atoms with Crippen molar-refractivity contribution >= 4 is 11.8 Å². The molecule has 0 bridgehead atoms. The van der Waals surface area contributed by atoms with Gasteiger partial charge in [-0.15, -0.1) is 0 Å². The van der Waals surface area contributed by atoms with Gasteiger partial charge in [0.25, 0.3) is 0 Å². The molecule has 0 saturated carbocycles. The molecule has 0 saturated heterocycles. The summed E-state index contributed by atoms with van der Waals surface area (Å²) in [6.45, 7) is 1.47. The Balaban J connectivity index is 1.82. The molecular weight excluding hydrogens is 422 g/mol. The van der Waals surface area contributed by atoms with Crippen molar-refractivity contribution in [3.63, 3.8) is 0 Å². The molecule has 0 amide bonds. The molecular formula is C23H14F6O2. The molecule has 0 unspecified atom stereocenters. The Bertz CT molecular complexity index is 1150. The molecule has 0 radical (unpaired) electrons. The predicted octanol–water partition coefficient (Wildman–Crippen LogP) is 7.15. The van der Waals surface area contributed by atoms with Crippen molar-refractivity contribution in [3.8, 4) is 16.9 Å². The number of rotatable bonds is 5. The second-order valence-electron chi connectivity index (χ2n) is 6.43. The van der Waals surface area contributed by atoms with Gasteiger partial charge >= 0.3 is 5.97 Å². The van der Waals surface area contributed by atoms with Gasteiger partial charge < -0.3 is 4.74 Å². The second-order valence-corrected chi connectivity index (χ2v) is 6.43. The number of carbonyl (C=O) groups is 1. The van der Waals surface area contributed by atoms with Gasteiger partial charge in [-0.25, -0.2) is 31.1 Å². The lowest BCUT2D eigenvalue weighted by molar-refractivity contribution is 0.0728. The van der Waals surface area contributed by atoms with E-state index in [0.29, 0.717) is 23.3 Å². The van der Waals surface area contributed by atoms with E-state index in [-0.39, 0.29) is 12.0 Å². The van der Waals surface area contributed by atoms with Gasteiger partial charge in [-0.3, -0.25) is 0 Å². The Morgan fingerprint density at radius 2 is 1.39 bits per heavy atom. The minimum absolute atomic E-state index is 0.0301. The minimum Gasteiger partial charge on any atom is -0.423 e. The number of halogens is 6. The van der Waals surface area contributed by atoms with Crippen LogP contribution in [0.15, 0.2) is 60.4 Å². The molecule has 31 heavy (non-hydrogen) atoms. The Hall–Kier alpha value is -3.55. The van der Waals surface area contributed by atoms with Crippen LogP contribution in [0.2, 0.25) is 0 Å². The maximum Gasteiger partial charge on any atom is 0.346 e. The standard InChI is InChI=1S/C23H14F6O2/c1-2-17(24)21(28)13-5-3-12(4-6-13)14-7-8-16(18(25)9-14)23(30)31-15-10-19(26)22(29)20(27)11-15/h3-11H,2H2,1H3/b21-17+. The van der Waals surface area contributed by atoms with Crippen LogP contribution in [-0.4, -0.2) is 5.97 Å². The van der Waals surface area contributed by atoms with Gasteiger partial charge in [0.2, 0.25) is 0 Å². The van der Waals surface area contributed by atoms with Gasteiger partial charge in [-0.2, -0.15) is 0 Å². The van der Waals surface area contributed by atoms with Crippen LogP contribution in [0.4, 0.5) is 26.3 Å². The van der Waals surface area contributed by atoms with Crippen molar-refractivity contribution in [2.75, 3.05) is 0 Å². The summed E-state index contributed by atoms with van der Waals surface area (Å²) >= 11 is 0. The van der Waals surface area contributed by atoms with Crippen molar-refractivity contribution in [2.45, 2.75) is 13.3 Å². The fourth-order valence-electron chi connectivity index (χ4n) is 2.73. The summed E-state index contributed by atoms with van der Waals surface area (Å²) in [7, 11) is 0. The smallest absolute Gasteiger partial charge is 0.346 e. The third kappa shape index (κ3) is 4.79. The lowest BCUT2D eigenvalue weighted by Crippen LogP contribution is -2.11. The summed E-state index contributed by atoms with van der Waals surface area (Å²) in [5, 5.41) is 0. The Kier molecular flexibility index (Phi) is 6.48. The zero-order valence-electron chi connectivity index (χ0n) is 16.0. The molecule has 0 spiro atoms. The number of ether oxygens (including phenoxy) is 1. The van der Waals surface area contributed by atoms with Crippen LogP contribution in [-0.2, 0) is 0 Å². The predicted molar refractivity (Wildman–Crippen MR) is 103 cm³/mol. The average Bonchev–Trinajstić information content (AvgIpc) is 2.76. The first-order valence-corrected chi connectivity index (χ1v) is 9.02. The monoisotopic (exact) mass is 436 g/mol. The van der Waals surface area contributed by atoms with Crippen molar-refractivity contribution in [1.82, 2.24) is 0 Å². The molecule has 3 rings (SSSR count). The van der Waals surface area contributed by atoms with E-state index in [2.05, 4.69) is 0 Å². The summed E-state index contributed by atoms with van der Waals surface area (Å²) in [5.41, 5.74) is 0.307. The molecule has 0 aromatic heterocycles. The molecule has 0 N–H and O–H groups in total. The van der Waals surface area contributed by atoms with Crippen molar-refractivity contribution in [1.29, 1.82) is 0 Å². The zero-order valence-corrected chi connectivity index (χ0v) is 16.0. The van der Waals surface area contributed by atoms with E-state index in [1.54, 1.807) is 0 Å². The van der Waals surface area contributed by atoms with E-state index in [1.807, 2.05) is 0 Å². The van der Waals surface area contributed by atoms with Gasteiger partial charge in [0.15, 0.2) is 23.3 Å². The number of hydrogen-bond acceptors (Lipinski definition) is 2. The quantitative estimate of drug-likeness (QED) is 0.184. The SMILES string of the molecule is CC/C(F)=C(\F)c1ccc(-c2ccc(C(=O)Oc3cc(F)c(F)c(F)c3)c(F)c2)cc1. The lowest BCUT2D eigenvalue weighted by atomic mass is 10.0. The third-order valence-corrected chi connectivity index (χ3v) is 4.38. The Morgan fingerprint density at radius 1 is 0.806 bits per heavy atom. The van der Waals surface area contributed by atoms with Gasteiger partial charge in [0.1, 0.15) is 17.4 Å². The van der Waals surface area contributed by atoms with Gasteiger partial charge in [-0.05, 0) is 29.7 Å². The summed E-state index contributed by atoms with van der Waals surface area (Å²) in [6.07, 6.45) is -0.0897. The highest BCUT2D eigenvalue weighted by molar-refractivity contribution is 5.92. The maximum absolute atomic E-state index is 14.4. The van der Waals surface area contributed by atoms with Crippen LogP contribution < -0.4 is 4.74 Å². The largest absolute Gasteiger partial charge is 0.423 e. The normalized spacial score (nSPS) is 11.8. The summed E-state index contributed by atoms with van der Waals surface area (Å²) in [5.74, 6) is -9.58. The fourth-order valence-corrected chi connectivity index (χ4v) is 2.73. The van der Waals surface area contributed by atoms with Gasteiger partial charge in [0.05, 0.1) is 5.56 Å². The van der Waals surface area contributed by atoms with E-state index in [9.17, 15) is 31.1 Å². The van der Waals surface area contributed by atoms with Crippen molar-refractivity contribution in [3.05, 3.63) is 94.8 Å². The van der Waals surface area contributed by atoms with Crippen molar-refractivity contribution in [2.24, 2.45) is 0 Å². The first kappa shape index (κ1) is 22.1. The number of esters is 1. The second kappa shape index (κ2) is 9.07. The third-order valence-electron chi connectivity index (χ3n) is 4.38. The number of allylic oxidation sites excluding steroid dienone is 1. The van der Waals surface area contributed by atoms with Crippen LogP contribution >= 0.6 is 0 Å². The molecule has 0 aliphatic heterocycles. The molecule has 160 valence electrons. The van der Waals surface area contributed by atoms with Crippen LogP contribution in [0.25, 0.3) is 17.0 Å². The maximum atomic E-state index is 14.4. The first-order valence-electron chi connectivity index (χ1n) is 9.02. The highest BCUT2D eigenvalue weighted by Gasteiger charge is 2.18. The molecule has 0 aliphatic rings. The molecule has 8 heteroatoms. The van der Waals surface area contributed by atoms with Gasteiger partial charge in [0, 0.05) is 17.7 Å². The van der Waals surface area contributed by atoms with E-state index in [4.69, 9.17) is 4.74 Å². The van der Waals surface area contributed by atoms with E-state index < -0.39 is 52.2 Å². The highest BCUT2D eigenvalue weighted by Crippen LogP contribution is 2.28. The zero-order chi connectivity index (χ0) is 22.7. The molecule has 0 fully saturated rings. The summed E-state index contributed by atoms with van der Waals surface area (Å²) < 4.78 is 85.8. The fraction of sp³-hybridized carbons (Fsp3) is 0.0870. The topological polar surface area (TPSA) is 26.3 Å². The number of hydrogen-bond donors (Lipinski definition) is 0. The van der Waals surface area contributed by atoms with Crippen LogP contribution in [0.5, 0.6) is 5.75 Å². The molecule has 0 heterocycles. The number of carbonyl (C=O) groups excluding carboxylic acids is 1. The van der Waals surface area contributed by atoms with E-state index in [1.165, 1.54) is 37.3 Å². The van der Waals surface area contributed by atoms with Crippen LogP contribution in [0, 0.1) is 23.3 Å². The summed E-state index contributed by atoms with van der Waals surface area (Å²) in [6, 6.07) is 9.96. The molecule has 3 aromatic carbocycles. The number of benzene rings is 3. The minimum atomic E-state index is -1.73. The lowest BCUT2D eigenvalue weighted by Gasteiger charge is -2.08. The summed E-state index contributed by atoms with van der Waals surface area (Å²) in [4.78, 5) is 12.1. The van der Waals surface area contributed by atoms with E-state index >= 15 is 0 Å². The van der Waals surface area contributed by atoms with Crippen molar-refractivity contribution < 1.29 is 35.9 Å². The molecule has 0 aliphatic carbocycles. The van der Waals surface area contributed by atoms with Crippen LogP contribution in [0.3, 0.4) is 0 Å². The van der Waals surface area contributed by atoms with E-state index in [0.717, 1.165) is 12.1 Å². The average molecular weight is 436 g/mol. The van der Waals surface area contributed by atoms with Gasteiger partial charge in [-0.1, -0.05) is 37.3 Å². The van der Waals surface area contributed by atoms with Crippen LogP contribution in [0.1, 0.15) is 29.3 Å². The molecule has 2 nitrogen and oxygen atoms in total. The highest BCUT2D eigenvalue weighted by atomic mass is 19.2. The Morgan fingerprint density at radius 3 is 1.94 bits per heavy atom. The first-order chi connectivity index (χ1) is 14.7. The Labute approximate surface area is 173 Å². The molecule has 0 atom stereocenters. The molecule has 3 aromatic rings.